The van der Waals surface area contributed by atoms with Crippen LogP contribution in [0.4, 0.5) is 0 Å². The van der Waals surface area contributed by atoms with Gasteiger partial charge in [0, 0.05) is 19.4 Å². The standard InChI is InChI=1S/C24H23NO3/c1-25-22(27)15-21(18-5-3-2-4-6-18)23(25)24(28)19-9-7-16(8-10-19)17-11-13-20(26)14-12-17/h2-14,21,23-24,26,28H,15H2,1H3/t21-,23-,24+/m1/s1. The molecule has 0 saturated carbocycles. The molecule has 1 aliphatic heterocycles. The van der Waals surface area contributed by atoms with Crippen molar-refractivity contribution in [2.24, 2.45) is 0 Å². The number of carbonyl (C=O) groups excluding carboxylic acids is 1. The lowest BCUT2D eigenvalue weighted by molar-refractivity contribution is -0.128. The number of hydrogen-bond acceptors (Lipinski definition) is 3. The van der Waals surface area contributed by atoms with Crippen molar-refractivity contribution in [3.63, 3.8) is 0 Å². The molecule has 4 nitrogen and oxygen atoms in total. The van der Waals surface area contributed by atoms with E-state index in [1.54, 1.807) is 24.1 Å². The average molecular weight is 373 g/mol. The molecule has 0 aliphatic carbocycles. The number of amides is 1. The van der Waals surface area contributed by atoms with Crippen molar-refractivity contribution in [1.29, 1.82) is 0 Å². The highest BCUT2D eigenvalue weighted by atomic mass is 16.3. The van der Waals surface area contributed by atoms with E-state index in [1.165, 1.54) is 0 Å². The number of rotatable bonds is 4. The van der Waals surface area contributed by atoms with E-state index in [-0.39, 0.29) is 23.6 Å². The summed E-state index contributed by atoms with van der Waals surface area (Å²) in [5, 5.41) is 20.6. The number of carbonyl (C=O) groups is 1. The first-order valence-electron chi connectivity index (χ1n) is 9.42. The first kappa shape index (κ1) is 18.3. The largest absolute Gasteiger partial charge is 0.508 e. The van der Waals surface area contributed by atoms with E-state index in [2.05, 4.69) is 0 Å². The predicted molar refractivity (Wildman–Crippen MR) is 109 cm³/mol. The first-order chi connectivity index (χ1) is 13.5. The fraction of sp³-hybridized carbons (Fsp3) is 0.208. The Morgan fingerprint density at radius 1 is 0.893 bits per heavy atom. The zero-order valence-electron chi connectivity index (χ0n) is 15.7. The van der Waals surface area contributed by atoms with Crippen molar-refractivity contribution < 1.29 is 15.0 Å². The van der Waals surface area contributed by atoms with Crippen molar-refractivity contribution in [3.8, 4) is 16.9 Å². The normalized spacial score (nSPS) is 20.4. The highest BCUT2D eigenvalue weighted by Gasteiger charge is 2.42. The molecule has 28 heavy (non-hydrogen) atoms. The molecular weight excluding hydrogens is 350 g/mol. The smallest absolute Gasteiger partial charge is 0.223 e. The summed E-state index contributed by atoms with van der Waals surface area (Å²) in [6.45, 7) is 0. The summed E-state index contributed by atoms with van der Waals surface area (Å²) in [7, 11) is 1.77. The van der Waals surface area contributed by atoms with Gasteiger partial charge in [-0.15, -0.1) is 0 Å². The van der Waals surface area contributed by atoms with E-state index >= 15 is 0 Å². The van der Waals surface area contributed by atoms with E-state index in [0.29, 0.717) is 6.42 Å². The lowest BCUT2D eigenvalue weighted by atomic mass is 9.86. The molecule has 1 heterocycles. The maximum atomic E-state index is 12.4. The average Bonchev–Trinajstić information content (AvgIpc) is 3.03. The Labute approximate surface area is 164 Å². The van der Waals surface area contributed by atoms with Crippen LogP contribution in [-0.4, -0.2) is 34.1 Å². The molecular formula is C24H23NO3. The van der Waals surface area contributed by atoms with Gasteiger partial charge in [0.2, 0.25) is 5.91 Å². The highest BCUT2D eigenvalue weighted by molar-refractivity contribution is 5.80. The van der Waals surface area contributed by atoms with E-state index in [0.717, 1.165) is 22.3 Å². The van der Waals surface area contributed by atoms with Gasteiger partial charge in [-0.2, -0.15) is 0 Å². The second-order valence-electron chi connectivity index (χ2n) is 7.33. The third-order valence-electron chi connectivity index (χ3n) is 5.65. The number of phenolic OH excluding ortho intramolecular Hbond substituents is 1. The SMILES string of the molecule is CN1C(=O)C[C@H](c2ccccc2)[C@@H]1[C@@H](O)c1ccc(-c2ccc(O)cc2)cc1. The topological polar surface area (TPSA) is 60.8 Å². The van der Waals surface area contributed by atoms with Crippen LogP contribution < -0.4 is 0 Å². The molecule has 1 fully saturated rings. The molecule has 1 aliphatic rings. The summed E-state index contributed by atoms with van der Waals surface area (Å²) in [6.07, 6.45) is -0.357. The maximum Gasteiger partial charge on any atom is 0.223 e. The summed E-state index contributed by atoms with van der Waals surface area (Å²) in [5.41, 5.74) is 3.86. The van der Waals surface area contributed by atoms with Crippen molar-refractivity contribution in [1.82, 2.24) is 4.90 Å². The van der Waals surface area contributed by atoms with Gasteiger partial charge < -0.3 is 15.1 Å². The molecule has 0 aromatic heterocycles. The van der Waals surface area contributed by atoms with E-state index < -0.39 is 6.10 Å². The van der Waals surface area contributed by atoms with Gasteiger partial charge in [0.15, 0.2) is 0 Å². The van der Waals surface area contributed by atoms with Crippen molar-refractivity contribution >= 4 is 5.91 Å². The Bertz CT molecular complexity index is 951. The van der Waals surface area contributed by atoms with E-state index in [4.69, 9.17) is 0 Å². The van der Waals surface area contributed by atoms with E-state index in [9.17, 15) is 15.0 Å². The molecule has 142 valence electrons. The summed E-state index contributed by atoms with van der Waals surface area (Å²) >= 11 is 0. The Morgan fingerprint density at radius 2 is 1.46 bits per heavy atom. The van der Waals surface area contributed by atoms with Crippen LogP contribution in [0.15, 0.2) is 78.9 Å². The Hall–Kier alpha value is -3.11. The van der Waals surface area contributed by atoms with Crippen LogP contribution in [0.1, 0.15) is 29.6 Å². The second kappa shape index (κ2) is 7.49. The number of aliphatic hydroxyl groups is 1. The molecule has 4 rings (SSSR count). The predicted octanol–water partition coefficient (Wildman–Crippen LogP) is 4.11. The minimum atomic E-state index is -0.768. The third-order valence-corrected chi connectivity index (χ3v) is 5.65. The Balaban J connectivity index is 1.61. The van der Waals surface area contributed by atoms with Gasteiger partial charge in [-0.3, -0.25) is 4.79 Å². The zero-order valence-corrected chi connectivity index (χ0v) is 15.7. The lowest BCUT2D eigenvalue weighted by Gasteiger charge is -2.30. The molecule has 3 aromatic carbocycles. The van der Waals surface area contributed by atoms with E-state index in [1.807, 2.05) is 66.7 Å². The van der Waals surface area contributed by atoms with Crippen LogP contribution in [0.3, 0.4) is 0 Å². The molecule has 3 atom stereocenters. The molecule has 4 heteroatoms. The molecule has 0 bridgehead atoms. The number of hydrogen-bond donors (Lipinski definition) is 2. The van der Waals surface area contributed by atoms with Crippen LogP contribution >= 0.6 is 0 Å². The fourth-order valence-corrected chi connectivity index (χ4v) is 4.06. The fourth-order valence-electron chi connectivity index (χ4n) is 4.06. The zero-order chi connectivity index (χ0) is 19.7. The van der Waals surface area contributed by atoms with Crippen LogP contribution in [0.2, 0.25) is 0 Å². The maximum absolute atomic E-state index is 12.4. The van der Waals surface area contributed by atoms with Crippen molar-refractivity contribution in [2.75, 3.05) is 7.05 Å². The number of aromatic hydroxyl groups is 1. The quantitative estimate of drug-likeness (QED) is 0.724. The third kappa shape index (κ3) is 3.39. The minimum Gasteiger partial charge on any atom is -0.508 e. The number of aliphatic hydroxyl groups excluding tert-OH is 1. The van der Waals surface area contributed by atoms with Gasteiger partial charge in [0.25, 0.3) is 0 Å². The Kier molecular flexibility index (Phi) is 4.88. The monoisotopic (exact) mass is 373 g/mol. The van der Waals surface area contributed by atoms with Crippen LogP contribution in [0.25, 0.3) is 11.1 Å². The molecule has 0 spiro atoms. The molecule has 3 aromatic rings. The van der Waals surface area contributed by atoms with Crippen molar-refractivity contribution in [3.05, 3.63) is 90.0 Å². The summed E-state index contributed by atoms with van der Waals surface area (Å²) in [4.78, 5) is 14.0. The minimum absolute atomic E-state index is 0.0366. The second-order valence-corrected chi connectivity index (χ2v) is 7.33. The van der Waals surface area contributed by atoms with Crippen LogP contribution in [-0.2, 0) is 4.79 Å². The number of nitrogens with zero attached hydrogens (tertiary/aromatic N) is 1. The molecule has 0 radical (unpaired) electrons. The number of likely N-dealkylation sites (N-methyl/N-ethyl adjacent to an activating group) is 1. The Morgan fingerprint density at radius 3 is 2.07 bits per heavy atom. The molecule has 1 saturated heterocycles. The summed E-state index contributed by atoms with van der Waals surface area (Å²) in [5.74, 6) is 0.251. The van der Waals surface area contributed by atoms with Gasteiger partial charge in [-0.25, -0.2) is 0 Å². The lowest BCUT2D eigenvalue weighted by Crippen LogP contribution is -2.36. The number of phenols is 1. The summed E-state index contributed by atoms with van der Waals surface area (Å²) < 4.78 is 0. The van der Waals surface area contributed by atoms with Gasteiger partial charge in [0.1, 0.15) is 5.75 Å². The van der Waals surface area contributed by atoms with Crippen LogP contribution in [0, 0.1) is 0 Å². The van der Waals surface area contributed by atoms with Crippen LogP contribution in [0.5, 0.6) is 5.75 Å². The molecule has 1 amide bonds. The van der Waals surface area contributed by atoms with Gasteiger partial charge in [-0.05, 0) is 34.4 Å². The number of likely N-dealkylation sites (tertiary alicyclic amines) is 1. The van der Waals surface area contributed by atoms with Gasteiger partial charge in [-0.1, -0.05) is 66.7 Å². The van der Waals surface area contributed by atoms with Crippen molar-refractivity contribution in [2.45, 2.75) is 24.5 Å². The van der Waals surface area contributed by atoms with Gasteiger partial charge >= 0.3 is 0 Å². The molecule has 0 unspecified atom stereocenters. The summed E-state index contributed by atoms with van der Waals surface area (Å²) in [6, 6.07) is 24.4. The first-order valence-corrected chi connectivity index (χ1v) is 9.42. The number of benzene rings is 3. The highest BCUT2D eigenvalue weighted by Crippen LogP contribution is 2.40. The molecule has 2 N–H and O–H groups in total. The van der Waals surface area contributed by atoms with Gasteiger partial charge in [0.05, 0.1) is 12.1 Å².